The average molecular weight is 180 g/mol. The molecule has 1 aromatic rings. The van der Waals surface area contributed by atoms with Crippen LogP contribution in [0.25, 0.3) is 0 Å². The van der Waals surface area contributed by atoms with E-state index >= 15 is 0 Å². The first-order valence-corrected chi connectivity index (χ1v) is 4.31. The SMILES string of the molecule is CC1(C)CCOc2c(C=O)cnn21. The summed E-state index contributed by atoms with van der Waals surface area (Å²) in [6.07, 6.45) is 3.25. The Bertz CT molecular complexity index is 341. The van der Waals surface area contributed by atoms with Gasteiger partial charge < -0.3 is 4.74 Å². The number of rotatable bonds is 1. The van der Waals surface area contributed by atoms with Crippen molar-refractivity contribution in [1.82, 2.24) is 9.78 Å². The highest BCUT2D eigenvalue weighted by atomic mass is 16.5. The standard InChI is InChI=1S/C9H12N2O2/c1-9(2)3-4-13-8-7(6-12)5-10-11(8)9/h5-6H,3-4H2,1-2H3. The van der Waals surface area contributed by atoms with Gasteiger partial charge in [-0.2, -0.15) is 5.10 Å². The van der Waals surface area contributed by atoms with Crippen molar-refractivity contribution in [2.24, 2.45) is 0 Å². The van der Waals surface area contributed by atoms with E-state index in [1.807, 2.05) is 0 Å². The summed E-state index contributed by atoms with van der Waals surface area (Å²) in [5.74, 6) is 0.603. The third-order valence-corrected chi connectivity index (χ3v) is 2.40. The molecular weight excluding hydrogens is 168 g/mol. The number of ether oxygens (including phenoxy) is 1. The lowest BCUT2D eigenvalue weighted by Gasteiger charge is -2.31. The minimum atomic E-state index is -0.0468. The first kappa shape index (κ1) is 8.29. The molecule has 0 N–H and O–H groups in total. The van der Waals surface area contributed by atoms with E-state index in [1.165, 1.54) is 0 Å². The van der Waals surface area contributed by atoms with Crippen molar-refractivity contribution >= 4 is 6.29 Å². The molecule has 0 saturated heterocycles. The van der Waals surface area contributed by atoms with Crippen LogP contribution in [-0.4, -0.2) is 22.7 Å². The normalized spacial score (nSPS) is 18.9. The lowest BCUT2D eigenvalue weighted by Crippen LogP contribution is -2.34. The summed E-state index contributed by atoms with van der Waals surface area (Å²) < 4.78 is 7.17. The fraction of sp³-hybridized carbons (Fsp3) is 0.556. The molecule has 2 rings (SSSR count). The van der Waals surface area contributed by atoms with Crippen molar-refractivity contribution < 1.29 is 9.53 Å². The van der Waals surface area contributed by atoms with Crippen molar-refractivity contribution in [2.45, 2.75) is 25.8 Å². The number of carbonyl (C=O) groups excluding carboxylic acids is 1. The average Bonchev–Trinajstić information content (AvgIpc) is 2.48. The van der Waals surface area contributed by atoms with Gasteiger partial charge >= 0.3 is 0 Å². The van der Waals surface area contributed by atoms with Gasteiger partial charge in [-0.15, -0.1) is 0 Å². The van der Waals surface area contributed by atoms with Crippen molar-refractivity contribution in [3.63, 3.8) is 0 Å². The smallest absolute Gasteiger partial charge is 0.223 e. The third-order valence-electron chi connectivity index (χ3n) is 2.40. The van der Waals surface area contributed by atoms with Gasteiger partial charge in [-0.25, -0.2) is 4.68 Å². The van der Waals surface area contributed by atoms with E-state index < -0.39 is 0 Å². The molecule has 13 heavy (non-hydrogen) atoms. The predicted octanol–water partition coefficient (Wildman–Crippen LogP) is 1.21. The number of aldehydes is 1. The Hall–Kier alpha value is -1.32. The van der Waals surface area contributed by atoms with Gasteiger partial charge in [-0.05, 0) is 13.8 Å². The second kappa shape index (κ2) is 2.58. The molecule has 4 heteroatoms. The molecule has 2 heterocycles. The fourth-order valence-corrected chi connectivity index (χ4v) is 1.51. The summed E-state index contributed by atoms with van der Waals surface area (Å²) in [5.41, 5.74) is 0.488. The molecule has 0 fully saturated rings. The Balaban J connectivity index is 2.54. The van der Waals surface area contributed by atoms with Crippen molar-refractivity contribution in [1.29, 1.82) is 0 Å². The van der Waals surface area contributed by atoms with Crippen LogP contribution < -0.4 is 4.74 Å². The maximum atomic E-state index is 10.6. The number of aromatic nitrogens is 2. The summed E-state index contributed by atoms with van der Waals surface area (Å²) in [6, 6.07) is 0. The maximum Gasteiger partial charge on any atom is 0.223 e. The van der Waals surface area contributed by atoms with E-state index in [0.29, 0.717) is 18.1 Å². The minimum absolute atomic E-state index is 0.0468. The lowest BCUT2D eigenvalue weighted by atomic mass is 10.0. The van der Waals surface area contributed by atoms with Crippen molar-refractivity contribution in [3.8, 4) is 5.88 Å². The van der Waals surface area contributed by atoms with Crippen LogP contribution in [0.2, 0.25) is 0 Å². The maximum absolute atomic E-state index is 10.6. The second-order valence-corrected chi connectivity index (χ2v) is 3.85. The molecule has 0 spiro atoms. The zero-order chi connectivity index (χ0) is 9.47. The summed E-state index contributed by atoms with van der Waals surface area (Å²) in [7, 11) is 0. The van der Waals surface area contributed by atoms with Crippen LogP contribution in [0.1, 0.15) is 30.6 Å². The highest BCUT2D eigenvalue weighted by Gasteiger charge is 2.30. The molecule has 0 aliphatic carbocycles. The van der Waals surface area contributed by atoms with E-state index in [0.717, 1.165) is 12.7 Å². The molecule has 0 saturated carbocycles. The second-order valence-electron chi connectivity index (χ2n) is 3.85. The molecule has 1 aliphatic heterocycles. The van der Waals surface area contributed by atoms with Crippen LogP contribution in [-0.2, 0) is 5.54 Å². The molecule has 0 atom stereocenters. The van der Waals surface area contributed by atoms with E-state index in [2.05, 4.69) is 18.9 Å². The van der Waals surface area contributed by atoms with Crippen LogP contribution in [0.15, 0.2) is 6.20 Å². The van der Waals surface area contributed by atoms with E-state index in [-0.39, 0.29) is 5.54 Å². The largest absolute Gasteiger partial charge is 0.477 e. The summed E-state index contributed by atoms with van der Waals surface area (Å²) >= 11 is 0. The Morgan fingerprint density at radius 2 is 2.46 bits per heavy atom. The molecule has 70 valence electrons. The first-order chi connectivity index (χ1) is 6.15. The summed E-state index contributed by atoms with van der Waals surface area (Å²) in [6.45, 7) is 4.82. The lowest BCUT2D eigenvalue weighted by molar-refractivity contribution is 0.110. The summed E-state index contributed by atoms with van der Waals surface area (Å²) in [4.78, 5) is 10.6. The molecular formula is C9H12N2O2. The monoisotopic (exact) mass is 180 g/mol. The van der Waals surface area contributed by atoms with Gasteiger partial charge in [0.15, 0.2) is 6.29 Å². The number of carbonyl (C=O) groups is 1. The van der Waals surface area contributed by atoms with E-state index in [1.54, 1.807) is 10.9 Å². The van der Waals surface area contributed by atoms with Crippen molar-refractivity contribution in [2.75, 3.05) is 6.61 Å². The van der Waals surface area contributed by atoms with E-state index in [4.69, 9.17) is 4.74 Å². The minimum Gasteiger partial charge on any atom is -0.477 e. The first-order valence-electron chi connectivity index (χ1n) is 4.31. The number of hydrogen-bond donors (Lipinski definition) is 0. The molecule has 0 amide bonds. The third kappa shape index (κ3) is 1.13. The van der Waals surface area contributed by atoms with Gasteiger partial charge in [0.1, 0.15) is 0 Å². The Morgan fingerprint density at radius 3 is 3.15 bits per heavy atom. The van der Waals surface area contributed by atoms with Crippen LogP contribution >= 0.6 is 0 Å². The van der Waals surface area contributed by atoms with Gasteiger partial charge in [0, 0.05) is 6.42 Å². The van der Waals surface area contributed by atoms with Crippen LogP contribution in [0, 0.1) is 0 Å². The van der Waals surface area contributed by atoms with Crippen molar-refractivity contribution in [3.05, 3.63) is 11.8 Å². The Kier molecular flexibility index (Phi) is 1.65. The van der Waals surface area contributed by atoms with E-state index in [9.17, 15) is 4.79 Å². The predicted molar refractivity (Wildman–Crippen MR) is 47.0 cm³/mol. The number of fused-ring (bicyclic) bond motifs is 1. The highest BCUT2D eigenvalue weighted by Crippen LogP contribution is 2.31. The molecule has 0 bridgehead atoms. The number of hydrogen-bond acceptors (Lipinski definition) is 3. The fourth-order valence-electron chi connectivity index (χ4n) is 1.51. The van der Waals surface area contributed by atoms with Gasteiger partial charge in [0.05, 0.1) is 23.9 Å². The molecule has 1 aromatic heterocycles. The molecule has 0 unspecified atom stereocenters. The molecule has 0 aromatic carbocycles. The van der Waals surface area contributed by atoms with Crippen LogP contribution in [0.5, 0.6) is 5.88 Å². The molecule has 1 aliphatic rings. The van der Waals surface area contributed by atoms with Crippen LogP contribution in [0.3, 0.4) is 0 Å². The van der Waals surface area contributed by atoms with Gasteiger partial charge in [0.25, 0.3) is 0 Å². The Labute approximate surface area is 76.5 Å². The van der Waals surface area contributed by atoms with Gasteiger partial charge in [-0.3, -0.25) is 4.79 Å². The molecule has 0 radical (unpaired) electrons. The van der Waals surface area contributed by atoms with Gasteiger partial charge in [0.2, 0.25) is 5.88 Å². The highest BCUT2D eigenvalue weighted by molar-refractivity contribution is 5.77. The quantitative estimate of drug-likeness (QED) is 0.610. The summed E-state index contributed by atoms with van der Waals surface area (Å²) in [5, 5.41) is 4.14. The zero-order valence-corrected chi connectivity index (χ0v) is 7.78. The topological polar surface area (TPSA) is 44.1 Å². The zero-order valence-electron chi connectivity index (χ0n) is 7.78. The van der Waals surface area contributed by atoms with Crippen LogP contribution in [0.4, 0.5) is 0 Å². The van der Waals surface area contributed by atoms with Gasteiger partial charge in [-0.1, -0.05) is 0 Å². The number of nitrogens with zero attached hydrogens (tertiary/aromatic N) is 2. The molecule has 4 nitrogen and oxygen atoms in total. The Morgan fingerprint density at radius 1 is 1.69 bits per heavy atom.